The fourth-order valence-electron chi connectivity index (χ4n) is 2.68. The van der Waals surface area contributed by atoms with Gasteiger partial charge in [0.2, 0.25) is 0 Å². The summed E-state index contributed by atoms with van der Waals surface area (Å²) < 4.78 is 21.3. The van der Waals surface area contributed by atoms with Gasteiger partial charge >= 0.3 is 11.6 Å². The topological polar surface area (TPSA) is 75.0 Å². The van der Waals surface area contributed by atoms with E-state index in [2.05, 4.69) is 0 Å². The predicted octanol–water partition coefficient (Wildman–Crippen LogP) is 3.57. The normalized spacial score (nSPS) is 12.8. The van der Waals surface area contributed by atoms with Gasteiger partial charge in [-0.25, -0.2) is 9.59 Å². The van der Waals surface area contributed by atoms with Crippen LogP contribution in [0.3, 0.4) is 0 Å². The van der Waals surface area contributed by atoms with E-state index in [1.165, 1.54) is 6.07 Å². The summed E-state index contributed by atoms with van der Waals surface area (Å²) in [6.45, 7) is 0.783. The van der Waals surface area contributed by atoms with E-state index in [4.69, 9.17) is 30.2 Å². The van der Waals surface area contributed by atoms with Crippen LogP contribution in [-0.4, -0.2) is 19.2 Å². The maximum absolute atomic E-state index is 12.3. The van der Waals surface area contributed by atoms with Crippen LogP contribution in [0.5, 0.6) is 11.5 Å². The largest absolute Gasteiger partial charge is 0.486 e. The zero-order valence-corrected chi connectivity index (χ0v) is 14.2. The molecule has 1 aliphatic rings. The Balaban J connectivity index is 1.55. The molecule has 0 saturated carbocycles. The van der Waals surface area contributed by atoms with Gasteiger partial charge in [-0.15, -0.1) is 0 Å². The Labute approximate surface area is 152 Å². The van der Waals surface area contributed by atoms with Crippen LogP contribution >= 0.6 is 11.6 Å². The van der Waals surface area contributed by atoms with Crippen molar-refractivity contribution in [2.45, 2.75) is 6.61 Å². The number of halogens is 1. The van der Waals surface area contributed by atoms with Gasteiger partial charge in [0, 0.05) is 5.39 Å². The summed E-state index contributed by atoms with van der Waals surface area (Å²) in [5, 5.41) is 1.01. The summed E-state index contributed by atoms with van der Waals surface area (Å²) in [5.74, 6) is 0.207. The van der Waals surface area contributed by atoms with Crippen molar-refractivity contribution in [1.29, 1.82) is 0 Å². The molecule has 0 aliphatic carbocycles. The van der Waals surface area contributed by atoms with E-state index < -0.39 is 11.6 Å². The lowest BCUT2D eigenvalue weighted by Crippen LogP contribution is -2.17. The Morgan fingerprint density at radius 1 is 1.12 bits per heavy atom. The summed E-state index contributed by atoms with van der Waals surface area (Å²) in [7, 11) is 0. The van der Waals surface area contributed by atoms with Crippen LogP contribution in [0.4, 0.5) is 0 Å². The zero-order valence-electron chi connectivity index (χ0n) is 13.5. The minimum absolute atomic E-state index is 0.0680. The molecular weight excluding hydrogens is 360 g/mol. The minimum Gasteiger partial charge on any atom is -0.486 e. The van der Waals surface area contributed by atoms with Gasteiger partial charge in [0.05, 0.1) is 5.02 Å². The van der Waals surface area contributed by atoms with Crippen molar-refractivity contribution >= 4 is 28.5 Å². The molecule has 0 atom stereocenters. The highest BCUT2D eigenvalue weighted by molar-refractivity contribution is 6.32. The smallest absolute Gasteiger partial charge is 0.351 e. The highest BCUT2D eigenvalue weighted by Gasteiger charge is 2.19. The number of hydrogen-bond acceptors (Lipinski definition) is 6. The summed E-state index contributed by atoms with van der Waals surface area (Å²) in [4.78, 5) is 24.3. The van der Waals surface area contributed by atoms with E-state index in [1.54, 1.807) is 36.4 Å². The Morgan fingerprint density at radius 2 is 1.92 bits per heavy atom. The van der Waals surface area contributed by atoms with Gasteiger partial charge in [-0.05, 0) is 29.8 Å². The Morgan fingerprint density at radius 3 is 2.81 bits per heavy atom. The number of esters is 1. The standard InChI is InChI=1S/C19H13ClO6/c20-14-7-11(8-16-17(14)24-6-5-23-16)10-25-18(21)13-9-12-3-1-2-4-15(12)26-19(13)22/h1-4,7-9H,5-6,10H2. The van der Waals surface area contributed by atoms with Gasteiger partial charge in [0.15, 0.2) is 11.5 Å². The van der Waals surface area contributed by atoms with Crippen LogP contribution < -0.4 is 15.1 Å². The van der Waals surface area contributed by atoms with Gasteiger partial charge in [-0.2, -0.15) is 0 Å². The quantitative estimate of drug-likeness (QED) is 0.517. The van der Waals surface area contributed by atoms with E-state index in [-0.39, 0.29) is 12.2 Å². The molecule has 1 aliphatic heterocycles. The van der Waals surface area contributed by atoms with Crippen molar-refractivity contribution < 1.29 is 23.4 Å². The number of carbonyl (C=O) groups is 1. The fraction of sp³-hybridized carbons (Fsp3) is 0.158. The first-order chi connectivity index (χ1) is 12.6. The van der Waals surface area contributed by atoms with Crippen molar-refractivity contribution in [2.24, 2.45) is 0 Å². The molecular formula is C19H13ClO6. The number of para-hydroxylation sites is 1. The number of carbonyl (C=O) groups excluding carboxylic acids is 1. The molecule has 3 aromatic rings. The van der Waals surface area contributed by atoms with Crippen LogP contribution in [0.1, 0.15) is 15.9 Å². The summed E-state index contributed by atoms with van der Waals surface area (Å²) >= 11 is 6.16. The summed E-state index contributed by atoms with van der Waals surface area (Å²) in [5.41, 5.74) is 0.131. The first-order valence-electron chi connectivity index (χ1n) is 7.90. The first kappa shape index (κ1) is 16.5. The van der Waals surface area contributed by atoms with Crippen LogP contribution in [0.2, 0.25) is 5.02 Å². The number of ether oxygens (including phenoxy) is 3. The second-order valence-electron chi connectivity index (χ2n) is 5.66. The lowest BCUT2D eigenvalue weighted by molar-refractivity contribution is 0.0467. The number of hydrogen-bond donors (Lipinski definition) is 0. The van der Waals surface area contributed by atoms with Crippen molar-refractivity contribution in [3.05, 3.63) is 69.0 Å². The van der Waals surface area contributed by atoms with Gasteiger partial charge in [-0.1, -0.05) is 29.8 Å². The molecule has 1 aromatic heterocycles. The Bertz CT molecular complexity index is 1060. The van der Waals surface area contributed by atoms with E-state index >= 15 is 0 Å². The Kier molecular flexibility index (Phi) is 4.26. The molecule has 0 radical (unpaired) electrons. The van der Waals surface area contributed by atoms with E-state index in [9.17, 15) is 9.59 Å². The van der Waals surface area contributed by atoms with E-state index in [0.717, 1.165) is 0 Å². The van der Waals surface area contributed by atoms with Crippen LogP contribution in [0, 0.1) is 0 Å². The predicted molar refractivity (Wildman–Crippen MR) is 94.0 cm³/mol. The molecule has 0 unspecified atom stereocenters. The molecule has 132 valence electrons. The SMILES string of the molecule is O=C(OCc1cc(Cl)c2c(c1)OCCO2)c1cc2ccccc2oc1=O. The molecule has 0 fully saturated rings. The van der Waals surface area contributed by atoms with Crippen molar-refractivity contribution in [2.75, 3.05) is 13.2 Å². The van der Waals surface area contributed by atoms with Crippen LogP contribution in [0.25, 0.3) is 11.0 Å². The van der Waals surface area contributed by atoms with E-state index in [0.29, 0.717) is 46.3 Å². The summed E-state index contributed by atoms with van der Waals surface area (Å²) in [6, 6.07) is 11.7. The first-order valence-corrected chi connectivity index (χ1v) is 8.27. The monoisotopic (exact) mass is 372 g/mol. The molecule has 2 aromatic carbocycles. The molecule has 6 nitrogen and oxygen atoms in total. The van der Waals surface area contributed by atoms with Crippen LogP contribution in [0.15, 0.2) is 51.7 Å². The van der Waals surface area contributed by atoms with Gasteiger partial charge in [-0.3, -0.25) is 0 Å². The van der Waals surface area contributed by atoms with Gasteiger partial charge in [0.1, 0.15) is 31.0 Å². The van der Waals surface area contributed by atoms with Crippen molar-refractivity contribution in [3.63, 3.8) is 0 Å². The number of benzene rings is 2. The Hall–Kier alpha value is -2.99. The van der Waals surface area contributed by atoms with E-state index in [1.807, 2.05) is 0 Å². The lowest BCUT2D eigenvalue weighted by atomic mass is 10.2. The maximum atomic E-state index is 12.3. The van der Waals surface area contributed by atoms with Gasteiger partial charge in [0.25, 0.3) is 0 Å². The zero-order chi connectivity index (χ0) is 18.1. The van der Waals surface area contributed by atoms with Gasteiger partial charge < -0.3 is 18.6 Å². The lowest BCUT2D eigenvalue weighted by Gasteiger charge is -2.20. The van der Waals surface area contributed by atoms with Crippen molar-refractivity contribution in [3.8, 4) is 11.5 Å². The number of rotatable bonds is 3. The maximum Gasteiger partial charge on any atom is 0.351 e. The molecule has 0 bridgehead atoms. The minimum atomic E-state index is -0.768. The molecule has 26 heavy (non-hydrogen) atoms. The van der Waals surface area contributed by atoms with Crippen molar-refractivity contribution in [1.82, 2.24) is 0 Å². The third-order valence-electron chi connectivity index (χ3n) is 3.89. The molecule has 4 rings (SSSR count). The molecule has 2 heterocycles. The number of fused-ring (bicyclic) bond motifs is 2. The molecule has 0 amide bonds. The molecule has 0 N–H and O–H groups in total. The third-order valence-corrected chi connectivity index (χ3v) is 4.17. The highest BCUT2D eigenvalue weighted by atomic mass is 35.5. The molecule has 0 saturated heterocycles. The average molecular weight is 373 g/mol. The second kappa shape index (κ2) is 6.72. The second-order valence-corrected chi connectivity index (χ2v) is 6.07. The molecule has 7 heteroatoms. The molecule has 0 spiro atoms. The summed E-state index contributed by atoms with van der Waals surface area (Å²) in [6.07, 6.45) is 0. The fourth-order valence-corrected chi connectivity index (χ4v) is 2.97. The highest BCUT2D eigenvalue weighted by Crippen LogP contribution is 2.38. The average Bonchev–Trinajstić information content (AvgIpc) is 2.65. The third kappa shape index (κ3) is 3.11. The van der Waals surface area contributed by atoms with Crippen LogP contribution in [-0.2, 0) is 11.3 Å².